The van der Waals surface area contributed by atoms with Crippen molar-refractivity contribution < 1.29 is 39.6 Å². The largest absolute Gasteiger partial charge is 0.478 e. The first-order valence-electron chi connectivity index (χ1n) is 11.4. The van der Waals surface area contributed by atoms with Gasteiger partial charge in [0.15, 0.2) is 0 Å². The van der Waals surface area contributed by atoms with Crippen molar-refractivity contribution >= 4 is 23.9 Å². The summed E-state index contributed by atoms with van der Waals surface area (Å²) >= 11 is 0. The number of aromatic carboxylic acids is 4. The third kappa shape index (κ3) is 6.91. The molecule has 0 bridgehead atoms. The fraction of sp³-hybridized carbons (Fsp3) is 0.385. The minimum absolute atomic E-state index is 0.335. The van der Waals surface area contributed by atoms with Crippen LogP contribution in [0.4, 0.5) is 0 Å². The zero-order valence-corrected chi connectivity index (χ0v) is 19.1. The lowest BCUT2D eigenvalue weighted by atomic mass is 9.84. The zero-order valence-electron chi connectivity index (χ0n) is 19.1. The van der Waals surface area contributed by atoms with Gasteiger partial charge in [0.05, 0.1) is 22.3 Å². The first kappa shape index (κ1) is 26.6. The fourth-order valence-electron chi connectivity index (χ4n) is 4.12. The van der Waals surface area contributed by atoms with Gasteiger partial charge >= 0.3 is 23.9 Å². The molecule has 0 atom stereocenters. The molecule has 0 amide bonds. The maximum atomic E-state index is 11.7. The topological polar surface area (TPSA) is 149 Å². The SMILES string of the molecule is CCCCCCCCCC(c1ccc(C(=O)O)c(C(=O)O)c1)c1ccc(C(=O)O)c(C(=O)O)c1. The Bertz CT molecular complexity index is 981. The molecule has 34 heavy (non-hydrogen) atoms. The van der Waals surface area contributed by atoms with E-state index in [4.69, 9.17) is 0 Å². The second kappa shape index (κ2) is 12.5. The molecule has 0 saturated heterocycles. The third-order valence-electron chi connectivity index (χ3n) is 5.91. The maximum absolute atomic E-state index is 11.7. The Balaban J connectivity index is 2.43. The monoisotopic (exact) mass is 470 g/mol. The molecule has 0 aliphatic heterocycles. The quantitative estimate of drug-likeness (QED) is 0.255. The van der Waals surface area contributed by atoms with Gasteiger partial charge in [-0.15, -0.1) is 0 Å². The summed E-state index contributed by atoms with van der Waals surface area (Å²) in [5, 5.41) is 37.7. The van der Waals surface area contributed by atoms with Crippen LogP contribution in [0.1, 0.15) is 117 Å². The second-order valence-electron chi connectivity index (χ2n) is 8.29. The van der Waals surface area contributed by atoms with Crippen LogP contribution >= 0.6 is 0 Å². The van der Waals surface area contributed by atoms with E-state index in [1.807, 2.05) is 0 Å². The van der Waals surface area contributed by atoms with E-state index >= 15 is 0 Å². The first-order chi connectivity index (χ1) is 16.2. The highest BCUT2D eigenvalue weighted by Gasteiger charge is 2.23. The fourth-order valence-corrected chi connectivity index (χ4v) is 4.12. The number of carbonyl (C=O) groups is 4. The number of carboxylic acid groups (broad SMARTS) is 4. The van der Waals surface area contributed by atoms with Crippen molar-refractivity contribution in [2.75, 3.05) is 0 Å². The van der Waals surface area contributed by atoms with Gasteiger partial charge in [-0.25, -0.2) is 19.2 Å². The van der Waals surface area contributed by atoms with Gasteiger partial charge in [-0.05, 0) is 41.8 Å². The van der Waals surface area contributed by atoms with E-state index in [0.29, 0.717) is 17.5 Å². The van der Waals surface area contributed by atoms with Gasteiger partial charge < -0.3 is 20.4 Å². The Morgan fingerprint density at radius 2 is 0.971 bits per heavy atom. The molecule has 2 aromatic rings. The zero-order chi connectivity index (χ0) is 25.3. The van der Waals surface area contributed by atoms with E-state index in [1.165, 1.54) is 42.8 Å². The smallest absolute Gasteiger partial charge is 0.336 e. The summed E-state index contributed by atoms with van der Waals surface area (Å²) in [6, 6.07) is 8.17. The van der Waals surface area contributed by atoms with Crippen LogP contribution in [0.25, 0.3) is 0 Å². The highest BCUT2D eigenvalue weighted by molar-refractivity contribution is 6.02. The van der Waals surface area contributed by atoms with Crippen LogP contribution in [-0.2, 0) is 0 Å². The Kier molecular flexibility index (Phi) is 9.79. The van der Waals surface area contributed by atoms with Crippen LogP contribution in [0.15, 0.2) is 36.4 Å². The molecule has 0 aliphatic rings. The molecular weight excluding hydrogens is 440 g/mol. The number of rotatable bonds is 14. The summed E-state index contributed by atoms with van der Waals surface area (Å²) in [7, 11) is 0. The van der Waals surface area contributed by atoms with E-state index in [9.17, 15) is 39.6 Å². The van der Waals surface area contributed by atoms with E-state index in [-0.39, 0.29) is 22.3 Å². The van der Waals surface area contributed by atoms with Gasteiger partial charge in [0.2, 0.25) is 0 Å². The number of carboxylic acids is 4. The maximum Gasteiger partial charge on any atom is 0.336 e. The minimum Gasteiger partial charge on any atom is -0.478 e. The molecule has 0 saturated carbocycles. The standard InChI is InChI=1S/C26H30O8/c1-2-3-4-5-6-7-8-9-18(16-10-12-19(23(27)28)21(14-16)25(31)32)17-11-13-20(24(29)30)22(15-17)26(33)34/h10-15,18H,2-9H2,1H3,(H,27,28)(H,29,30)(H,31,32)(H,33,34). The summed E-state index contributed by atoms with van der Waals surface area (Å²) in [6.07, 6.45) is 7.97. The molecule has 0 radical (unpaired) electrons. The van der Waals surface area contributed by atoms with E-state index in [1.54, 1.807) is 0 Å². The molecule has 0 aliphatic carbocycles. The van der Waals surface area contributed by atoms with E-state index < -0.39 is 29.8 Å². The number of benzene rings is 2. The third-order valence-corrected chi connectivity index (χ3v) is 5.91. The van der Waals surface area contributed by atoms with Crippen molar-refractivity contribution in [3.8, 4) is 0 Å². The van der Waals surface area contributed by atoms with Crippen molar-refractivity contribution in [2.24, 2.45) is 0 Å². The van der Waals surface area contributed by atoms with Crippen LogP contribution in [-0.4, -0.2) is 44.3 Å². The molecule has 4 N–H and O–H groups in total. The number of hydrogen-bond acceptors (Lipinski definition) is 4. The normalized spacial score (nSPS) is 10.9. The molecule has 0 fully saturated rings. The molecular formula is C26H30O8. The van der Waals surface area contributed by atoms with Crippen molar-refractivity contribution in [2.45, 2.75) is 64.2 Å². The molecule has 0 heterocycles. The van der Waals surface area contributed by atoms with Gasteiger partial charge in [0.1, 0.15) is 0 Å². The van der Waals surface area contributed by atoms with Gasteiger partial charge in [-0.1, -0.05) is 64.0 Å². The van der Waals surface area contributed by atoms with Gasteiger partial charge in [-0.2, -0.15) is 0 Å². The highest BCUT2D eigenvalue weighted by atomic mass is 16.4. The number of hydrogen-bond donors (Lipinski definition) is 4. The molecule has 0 unspecified atom stereocenters. The van der Waals surface area contributed by atoms with Crippen LogP contribution in [0.5, 0.6) is 0 Å². The van der Waals surface area contributed by atoms with Crippen LogP contribution < -0.4 is 0 Å². The first-order valence-corrected chi connectivity index (χ1v) is 11.4. The van der Waals surface area contributed by atoms with Gasteiger partial charge in [0.25, 0.3) is 0 Å². The van der Waals surface area contributed by atoms with Gasteiger partial charge in [-0.3, -0.25) is 0 Å². The summed E-state index contributed by atoms with van der Waals surface area (Å²) in [5.74, 6) is -5.88. The number of unbranched alkanes of at least 4 members (excludes halogenated alkanes) is 6. The Labute approximate surface area is 197 Å². The van der Waals surface area contributed by atoms with Crippen molar-refractivity contribution in [1.29, 1.82) is 0 Å². The molecule has 0 spiro atoms. The van der Waals surface area contributed by atoms with E-state index in [2.05, 4.69) is 6.92 Å². The second-order valence-corrected chi connectivity index (χ2v) is 8.29. The molecule has 0 aromatic heterocycles. The summed E-state index contributed by atoms with van der Waals surface area (Å²) < 4.78 is 0. The van der Waals surface area contributed by atoms with Crippen molar-refractivity contribution in [1.82, 2.24) is 0 Å². The Hall–Kier alpha value is -3.68. The summed E-state index contributed by atoms with van der Waals surface area (Å²) in [5.41, 5.74) is -0.303. The predicted octanol–water partition coefficient (Wildman–Crippen LogP) is 5.75. The summed E-state index contributed by atoms with van der Waals surface area (Å²) in [4.78, 5) is 46.2. The lowest BCUT2D eigenvalue weighted by Crippen LogP contribution is -2.12. The molecule has 2 aromatic carbocycles. The van der Waals surface area contributed by atoms with Crippen molar-refractivity contribution in [3.05, 3.63) is 69.8 Å². The average molecular weight is 471 g/mol. The Morgan fingerprint density at radius 3 is 1.35 bits per heavy atom. The predicted molar refractivity (Wildman–Crippen MR) is 125 cm³/mol. The van der Waals surface area contributed by atoms with E-state index in [0.717, 1.165) is 38.5 Å². The molecule has 182 valence electrons. The van der Waals surface area contributed by atoms with Gasteiger partial charge in [0, 0.05) is 5.92 Å². The highest BCUT2D eigenvalue weighted by Crippen LogP contribution is 2.33. The van der Waals surface area contributed by atoms with Crippen LogP contribution in [0, 0.1) is 0 Å². The molecule has 2 rings (SSSR count). The lowest BCUT2D eigenvalue weighted by Gasteiger charge is -2.20. The lowest BCUT2D eigenvalue weighted by molar-refractivity contribution is 0.0651. The average Bonchev–Trinajstić information content (AvgIpc) is 2.80. The Morgan fingerprint density at radius 1 is 0.588 bits per heavy atom. The van der Waals surface area contributed by atoms with Crippen molar-refractivity contribution in [3.63, 3.8) is 0 Å². The minimum atomic E-state index is -1.37. The molecule has 8 nitrogen and oxygen atoms in total. The molecule has 8 heteroatoms. The van der Waals surface area contributed by atoms with Crippen LogP contribution in [0.3, 0.4) is 0 Å². The van der Waals surface area contributed by atoms with Crippen LogP contribution in [0.2, 0.25) is 0 Å². The summed E-state index contributed by atoms with van der Waals surface area (Å²) in [6.45, 7) is 2.15.